The molecule has 0 unspecified atom stereocenters. The van der Waals surface area contributed by atoms with Gasteiger partial charge in [0.15, 0.2) is 11.6 Å². The summed E-state index contributed by atoms with van der Waals surface area (Å²) in [6.45, 7) is 0. The Bertz CT molecular complexity index is 976. The van der Waals surface area contributed by atoms with Crippen molar-refractivity contribution >= 4 is 18.9 Å². The van der Waals surface area contributed by atoms with Gasteiger partial charge in [0.05, 0.1) is 5.69 Å². The summed E-state index contributed by atoms with van der Waals surface area (Å²) >= 11 is 0. The van der Waals surface area contributed by atoms with Gasteiger partial charge in [0.2, 0.25) is 11.8 Å². The average Bonchev–Trinajstić information content (AvgIpc) is 2.98. The van der Waals surface area contributed by atoms with Gasteiger partial charge in [0.25, 0.3) is 0 Å². The highest BCUT2D eigenvalue weighted by Gasteiger charge is 2.56. The third-order valence-corrected chi connectivity index (χ3v) is 6.00. The highest BCUT2D eigenvalue weighted by Crippen LogP contribution is 2.54. The fourth-order valence-corrected chi connectivity index (χ4v) is 4.65. The molecule has 1 amide bonds. The summed E-state index contributed by atoms with van der Waals surface area (Å²) in [5, 5.41) is 20.3. The maximum atomic E-state index is 14.4. The van der Waals surface area contributed by atoms with Gasteiger partial charge in [-0.05, 0) is 48.1 Å². The van der Waals surface area contributed by atoms with Crippen molar-refractivity contribution in [2.45, 2.75) is 37.0 Å². The van der Waals surface area contributed by atoms with Gasteiger partial charge in [-0.1, -0.05) is 18.2 Å². The number of hydrogen-bond donors (Lipinski definition) is 3. The van der Waals surface area contributed by atoms with Crippen LogP contribution in [0.3, 0.4) is 0 Å². The fourth-order valence-electron chi connectivity index (χ4n) is 4.65. The second kappa shape index (κ2) is 7.28. The number of hydrogen-bond acceptors (Lipinski definition) is 4. The molecule has 1 atom stereocenters. The molecule has 0 aromatic heterocycles. The standard InChI is InChI=1S/C20H18BF4NO4/c22-15-6-5-14-17(16(15)23)26-18(27)20(14,12-7-9-19(24,25)10-8-12)11-1-3-13(4-2-11)30-21(28)29/h1-6,12,28-29H,7-10H2,(H,26,27)/t20-/m0/s1. The van der Waals surface area contributed by atoms with Gasteiger partial charge < -0.3 is 20.0 Å². The van der Waals surface area contributed by atoms with E-state index < -0.39 is 55.0 Å². The van der Waals surface area contributed by atoms with Crippen molar-refractivity contribution in [2.75, 3.05) is 5.32 Å². The lowest BCUT2D eigenvalue weighted by atomic mass is 9.61. The minimum absolute atomic E-state index is 0.0203. The Balaban J connectivity index is 1.86. The van der Waals surface area contributed by atoms with Crippen molar-refractivity contribution in [1.82, 2.24) is 0 Å². The van der Waals surface area contributed by atoms with Gasteiger partial charge in [-0.2, -0.15) is 0 Å². The molecule has 1 saturated carbocycles. The van der Waals surface area contributed by atoms with Crippen LogP contribution >= 0.6 is 0 Å². The maximum absolute atomic E-state index is 14.4. The number of carbonyl (C=O) groups is 1. The van der Waals surface area contributed by atoms with E-state index in [1.54, 1.807) is 0 Å². The van der Waals surface area contributed by atoms with Crippen molar-refractivity contribution in [3.63, 3.8) is 0 Å². The molecule has 1 aliphatic heterocycles. The van der Waals surface area contributed by atoms with Crippen LogP contribution in [-0.4, -0.2) is 29.2 Å². The topological polar surface area (TPSA) is 78.8 Å². The first kappa shape index (κ1) is 20.7. The van der Waals surface area contributed by atoms with E-state index in [1.807, 2.05) is 0 Å². The number of alkyl halides is 2. The van der Waals surface area contributed by atoms with Crippen LogP contribution in [0.5, 0.6) is 5.75 Å². The van der Waals surface area contributed by atoms with Gasteiger partial charge in [0, 0.05) is 12.8 Å². The van der Waals surface area contributed by atoms with E-state index in [1.165, 1.54) is 30.3 Å². The Hall–Kier alpha value is -2.59. The number of anilines is 1. The third-order valence-electron chi connectivity index (χ3n) is 6.00. The zero-order valence-electron chi connectivity index (χ0n) is 15.7. The van der Waals surface area contributed by atoms with Crippen LogP contribution < -0.4 is 9.97 Å². The van der Waals surface area contributed by atoms with Crippen LogP contribution in [0.2, 0.25) is 0 Å². The summed E-state index contributed by atoms with van der Waals surface area (Å²) in [6.07, 6.45) is -0.786. The highest BCUT2D eigenvalue weighted by molar-refractivity contribution is 6.33. The summed E-state index contributed by atoms with van der Waals surface area (Å²) < 4.78 is 60.6. The van der Waals surface area contributed by atoms with Crippen LogP contribution in [0, 0.1) is 17.6 Å². The Kier molecular flexibility index (Phi) is 5.02. The first-order valence-corrected chi connectivity index (χ1v) is 9.46. The fraction of sp³-hybridized carbons (Fsp3) is 0.350. The number of nitrogens with one attached hydrogen (secondary N) is 1. The van der Waals surface area contributed by atoms with E-state index in [0.717, 1.165) is 6.07 Å². The molecule has 0 spiro atoms. The first-order chi connectivity index (χ1) is 14.1. The number of fused-ring (bicyclic) bond motifs is 1. The molecule has 2 aromatic rings. The lowest BCUT2D eigenvalue weighted by Crippen LogP contribution is -2.45. The van der Waals surface area contributed by atoms with Crippen LogP contribution in [0.15, 0.2) is 36.4 Å². The smallest absolute Gasteiger partial charge is 0.512 e. The van der Waals surface area contributed by atoms with Gasteiger partial charge in [-0.25, -0.2) is 17.6 Å². The number of amides is 1. The summed E-state index contributed by atoms with van der Waals surface area (Å²) in [5.41, 5.74) is -1.20. The molecule has 1 fully saturated rings. The molecule has 2 aliphatic rings. The van der Waals surface area contributed by atoms with Crippen LogP contribution in [0.4, 0.5) is 23.2 Å². The van der Waals surface area contributed by atoms with Crippen molar-refractivity contribution in [2.24, 2.45) is 5.92 Å². The Labute approximate surface area is 169 Å². The normalized spacial score (nSPS) is 23.1. The molecule has 0 saturated heterocycles. The highest BCUT2D eigenvalue weighted by atomic mass is 19.3. The molecule has 4 rings (SSSR count). The molecule has 0 radical (unpaired) electrons. The first-order valence-electron chi connectivity index (χ1n) is 9.46. The number of rotatable bonds is 4. The molecule has 1 heterocycles. The Morgan fingerprint density at radius 1 is 1.03 bits per heavy atom. The second-order valence-electron chi connectivity index (χ2n) is 7.64. The number of benzene rings is 2. The Morgan fingerprint density at radius 2 is 1.67 bits per heavy atom. The molecule has 2 aromatic carbocycles. The average molecular weight is 423 g/mol. The van der Waals surface area contributed by atoms with Crippen molar-refractivity contribution in [1.29, 1.82) is 0 Å². The van der Waals surface area contributed by atoms with Gasteiger partial charge >= 0.3 is 7.32 Å². The van der Waals surface area contributed by atoms with Crippen molar-refractivity contribution in [3.05, 3.63) is 59.2 Å². The summed E-state index contributed by atoms with van der Waals surface area (Å²) in [6, 6.07) is 7.97. The van der Waals surface area contributed by atoms with Crippen molar-refractivity contribution in [3.8, 4) is 5.75 Å². The monoisotopic (exact) mass is 423 g/mol. The van der Waals surface area contributed by atoms with E-state index >= 15 is 0 Å². The number of carbonyl (C=O) groups excluding carboxylic acids is 1. The lowest BCUT2D eigenvalue weighted by molar-refractivity contribution is -0.123. The van der Waals surface area contributed by atoms with Crippen molar-refractivity contribution < 1.29 is 37.1 Å². The minimum Gasteiger partial charge on any atom is -0.512 e. The molecule has 0 bridgehead atoms. The predicted octanol–water partition coefficient (Wildman–Crippen LogP) is 3.38. The zero-order valence-corrected chi connectivity index (χ0v) is 15.7. The van der Waals surface area contributed by atoms with Crippen LogP contribution in [0.25, 0.3) is 0 Å². The molecule has 30 heavy (non-hydrogen) atoms. The van der Waals surface area contributed by atoms with Gasteiger partial charge in [0.1, 0.15) is 11.2 Å². The lowest BCUT2D eigenvalue weighted by Gasteiger charge is -2.40. The van der Waals surface area contributed by atoms with Crippen LogP contribution in [-0.2, 0) is 10.2 Å². The molecule has 158 valence electrons. The molecular formula is C20H18BF4NO4. The molecular weight excluding hydrogens is 405 g/mol. The van der Waals surface area contributed by atoms with E-state index in [2.05, 4.69) is 5.32 Å². The SMILES string of the molecule is O=C1Nc2c(ccc(F)c2F)[C@]1(c1ccc(OB(O)O)cc1)C1CCC(F)(F)CC1. The maximum Gasteiger partial charge on any atom is 0.707 e. The number of halogens is 4. The molecule has 10 heteroatoms. The molecule has 1 aliphatic carbocycles. The van der Waals surface area contributed by atoms with Gasteiger partial charge in [-0.3, -0.25) is 4.79 Å². The summed E-state index contributed by atoms with van der Waals surface area (Å²) in [7, 11) is -2.04. The summed E-state index contributed by atoms with van der Waals surface area (Å²) in [5.74, 6) is -6.25. The van der Waals surface area contributed by atoms with E-state index in [4.69, 9.17) is 14.7 Å². The Morgan fingerprint density at radius 3 is 2.27 bits per heavy atom. The zero-order chi connectivity index (χ0) is 21.7. The van der Waals surface area contributed by atoms with E-state index in [0.29, 0.717) is 5.56 Å². The van der Waals surface area contributed by atoms with Gasteiger partial charge in [-0.15, -0.1) is 0 Å². The summed E-state index contributed by atoms with van der Waals surface area (Å²) in [4.78, 5) is 13.2. The largest absolute Gasteiger partial charge is 0.707 e. The third kappa shape index (κ3) is 3.24. The molecule has 3 N–H and O–H groups in total. The predicted molar refractivity (Wildman–Crippen MR) is 99.9 cm³/mol. The van der Waals surface area contributed by atoms with E-state index in [9.17, 15) is 22.4 Å². The van der Waals surface area contributed by atoms with E-state index in [-0.39, 0.29) is 29.8 Å². The minimum atomic E-state index is -2.83. The molecule has 5 nitrogen and oxygen atoms in total. The van der Waals surface area contributed by atoms with Crippen LogP contribution in [0.1, 0.15) is 36.8 Å². The quantitative estimate of drug-likeness (QED) is 0.521. The second-order valence-corrected chi connectivity index (χ2v) is 7.64.